The Balaban J connectivity index is 4.71. The number of allylic oxidation sites excluding steroid dienone is 2. The van der Waals surface area contributed by atoms with Crippen molar-refractivity contribution < 1.29 is 28.6 Å². The minimum Gasteiger partial charge on any atom is -0.462 e. The molecule has 0 heterocycles. The van der Waals surface area contributed by atoms with Gasteiger partial charge in [0.25, 0.3) is 0 Å². The quantitative estimate of drug-likeness (QED) is 0.306. The highest BCUT2D eigenvalue weighted by Gasteiger charge is 2.13. The van der Waals surface area contributed by atoms with Gasteiger partial charge in [0.2, 0.25) is 0 Å². The van der Waals surface area contributed by atoms with Crippen LogP contribution in [0.5, 0.6) is 0 Å². The Bertz CT molecular complexity index is 598. The maximum absolute atomic E-state index is 11.4. The fraction of sp³-hybridized carbons (Fsp3) is 0.571. The van der Waals surface area contributed by atoms with Crippen LogP contribution in [0.3, 0.4) is 0 Å². The van der Waals surface area contributed by atoms with Gasteiger partial charge in [-0.3, -0.25) is 14.4 Å². The van der Waals surface area contributed by atoms with E-state index in [1.807, 2.05) is 39.0 Å². The summed E-state index contributed by atoms with van der Waals surface area (Å²) in [6, 6.07) is 0. The van der Waals surface area contributed by atoms with E-state index in [1.165, 1.54) is 20.8 Å². The predicted octanol–water partition coefficient (Wildman–Crippen LogP) is 4.05. The van der Waals surface area contributed by atoms with Crippen molar-refractivity contribution in [3.63, 3.8) is 0 Å². The third kappa shape index (κ3) is 14.5. The van der Waals surface area contributed by atoms with E-state index < -0.39 is 0 Å². The van der Waals surface area contributed by atoms with Crippen molar-refractivity contribution in [3.8, 4) is 0 Å². The monoisotopic (exact) mass is 380 g/mol. The Morgan fingerprint density at radius 3 is 1.96 bits per heavy atom. The molecule has 0 unspecified atom stereocenters. The first-order valence-corrected chi connectivity index (χ1v) is 9.03. The molecule has 0 aromatic heterocycles. The van der Waals surface area contributed by atoms with Gasteiger partial charge in [0.1, 0.15) is 19.3 Å². The summed E-state index contributed by atoms with van der Waals surface area (Å²) in [5.74, 6) is -0.959. The lowest BCUT2D eigenvalue weighted by atomic mass is 10.0. The van der Waals surface area contributed by atoms with Crippen LogP contribution in [0.25, 0.3) is 0 Å². The van der Waals surface area contributed by atoms with Crippen LogP contribution < -0.4 is 0 Å². The highest BCUT2D eigenvalue weighted by Crippen LogP contribution is 2.16. The molecule has 0 fully saturated rings. The zero-order chi connectivity index (χ0) is 20.8. The molecule has 6 nitrogen and oxygen atoms in total. The molecule has 0 aliphatic rings. The normalized spacial score (nSPS) is 13.8. The smallest absolute Gasteiger partial charge is 0.303 e. The molecule has 0 spiro atoms. The number of esters is 3. The highest BCUT2D eigenvalue weighted by atomic mass is 16.5. The SMILES string of the molecule is CC(=O)OC/C=C(\C)CC/C=C(\C)[C@H](C/C=C(\C)COC(C)=O)OC(C)=O. The molecule has 0 aromatic rings. The number of carbonyl (C=O) groups is 3. The summed E-state index contributed by atoms with van der Waals surface area (Å²) in [6.07, 6.45) is 7.64. The molecule has 0 saturated carbocycles. The van der Waals surface area contributed by atoms with Crippen LogP contribution in [0.4, 0.5) is 0 Å². The van der Waals surface area contributed by atoms with Crippen molar-refractivity contribution in [3.05, 3.63) is 34.9 Å². The molecule has 0 aliphatic carbocycles. The topological polar surface area (TPSA) is 78.9 Å². The first-order chi connectivity index (χ1) is 12.6. The zero-order valence-corrected chi connectivity index (χ0v) is 17.3. The average Bonchev–Trinajstić information content (AvgIpc) is 2.55. The summed E-state index contributed by atoms with van der Waals surface area (Å²) in [5, 5.41) is 0. The molecule has 1 atom stereocenters. The van der Waals surface area contributed by atoms with E-state index in [0.29, 0.717) is 6.42 Å². The Hall–Kier alpha value is -2.37. The second kappa shape index (κ2) is 13.8. The second-order valence-electron chi connectivity index (χ2n) is 6.50. The minimum absolute atomic E-state index is 0.233. The van der Waals surface area contributed by atoms with Crippen molar-refractivity contribution >= 4 is 17.9 Å². The van der Waals surface area contributed by atoms with Crippen LogP contribution in [0.2, 0.25) is 0 Å². The van der Waals surface area contributed by atoms with E-state index in [4.69, 9.17) is 14.2 Å². The predicted molar refractivity (Wildman–Crippen MR) is 104 cm³/mol. The molecule has 0 saturated heterocycles. The van der Waals surface area contributed by atoms with E-state index in [-0.39, 0.29) is 37.2 Å². The molecule has 0 bridgehead atoms. The van der Waals surface area contributed by atoms with E-state index in [2.05, 4.69) is 0 Å². The highest BCUT2D eigenvalue weighted by molar-refractivity contribution is 5.67. The molecule has 0 N–H and O–H groups in total. The second-order valence-corrected chi connectivity index (χ2v) is 6.50. The van der Waals surface area contributed by atoms with Gasteiger partial charge in [0.05, 0.1) is 0 Å². The zero-order valence-electron chi connectivity index (χ0n) is 17.3. The maximum Gasteiger partial charge on any atom is 0.303 e. The molecule has 27 heavy (non-hydrogen) atoms. The number of ether oxygens (including phenoxy) is 3. The summed E-state index contributed by atoms with van der Waals surface area (Å²) in [6.45, 7) is 10.4. The summed E-state index contributed by atoms with van der Waals surface area (Å²) in [7, 11) is 0. The van der Waals surface area contributed by atoms with Crippen LogP contribution in [-0.4, -0.2) is 37.2 Å². The van der Waals surface area contributed by atoms with E-state index in [9.17, 15) is 14.4 Å². The van der Waals surface area contributed by atoms with Gasteiger partial charge >= 0.3 is 17.9 Å². The van der Waals surface area contributed by atoms with Gasteiger partial charge in [0.15, 0.2) is 0 Å². The molecular weight excluding hydrogens is 348 g/mol. The largest absolute Gasteiger partial charge is 0.462 e. The molecule has 0 rings (SSSR count). The molecule has 0 amide bonds. The van der Waals surface area contributed by atoms with Gasteiger partial charge in [-0.1, -0.05) is 17.7 Å². The van der Waals surface area contributed by atoms with Gasteiger partial charge in [0, 0.05) is 27.2 Å². The number of carbonyl (C=O) groups excluding carboxylic acids is 3. The Kier molecular flexibility index (Phi) is 12.6. The lowest BCUT2D eigenvalue weighted by Gasteiger charge is -2.17. The molecule has 152 valence electrons. The van der Waals surface area contributed by atoms with E-state index in [0.717, 1.165) is 29.6 Å². The summed E-state index contributed by atoms with van der Waals surface area (Å²) in [4.78, 5) is 33.0. The fourth-order valence-electron chi connectivity index (χ4n) is 2.17. The van der Waals surface area contributed by atoms with Crippen LogP contribution in [0.1, 0.15) is 60.8 Å². The third-order valence-corrected chi connectivity index (χ3v) is 3.72. The summed E-state index contributed by atoms with van der Waals surface area (Å²) < 4.78 is 15.2. The molecule has 0 radical (unpaired) electrons. The van der Waals surface area contributed by atoms with Crippen molar-refractivity contribution in [2.24, 2.45) is 0 Å². The Labute approximate surface area is 162 Å². The summed E-state index contributed by atoms with van der Waals surface area (Å²) in [5.41, 5.74) is 3.00. The van der Waals surface area contributed by atoms with Crippen molar-refractivity contribution in [2.45, 2.75) is 66.9 Å². The number of rotatable bonds is 11. The number of hydrogen-bond donors (Lipinski definition) is 0. The first-order valence-electron chi connectivity index (χ1n) is 9.03. The van der Waals surface area contributed by atoms with Gasteiger partial charge in [-0.15, -0.1) is 0 Å². The van der Waals surface area contributed by atoms with Crippen molar-refractivity contribution in [1.82, 2.24) is 0 Å². The van der Waals surface area contributed by atoms with Crippen LogP contribution >= 0.6 is 0 Å². The molecule has 0 aromatic carbocycles. The van der Waals surface area contributed by atoms with E-state index in [1.54, 1.807) is 0 Å². The molecule has 0 aliphatic heterocycles. The Morgan fingerprint density at radius 2 is 1.41 bits per heavy atom. The van der Waals surface area contributed by atoms with Gasteiger partial charge in [-0.2, -0.15) is 0 Å². The fourth-order valence-corrected chi connectivity index (χ4v) is 2.17. The van der Waals surface area contributed by atoms with Crippen LogP contribution in [0, 0.1) is 0 Å². The lowest BCUT2D eigenvalue weighted by molar-refractivity contribution is -0.144. The van der Waals surface area contributed by atoms with Gasteiger partial charge in [-0.25, -0.2) is 0 Å². The number of hydrogen-bond acceptors (Lipinski definition) is 6. The maximum atomic E-state index is 11.4. The average molecular weight is 380 g/mol. The minimum atomic E-state index is -0.347. The molecular formula is C21H32O6. The first kappa shape index (κ1) is 24.6. The molecule has 6 heteroatoms. The van der Waals surface area contributed by atoms with Gasteiger partial charge in [-0.05, 0) is 50.8 Å². The Morgan fingerprint density at radius 1 is 0.778 bits per heavy atom. The van der Waals surface area contributed by atoms with Crippen LogP contribution in [-0.2, 0) is 28.6 Å². The lowest BCUT2D eigenvalue weighted by Crippen LogP contribution is -2.17. The third-order valence-electron chi connectivity index (χ3n) is 3.72. The summed E-state index contributed by atoms with van der Waals surface area (Å²) >= 11 is 0. The van der Waals surface area contributed by atoms with Crippen LogP contribution in [0.15, 0.2) is 34.9 Å². The van der Waals surface area contributed by atoms with E-state index >= 15 is 0 Å². The van der Waals surface area contributed by atoms with Crippen molar-refractivity contribution in [2.75, 3.05) is 13.2 Å². The van der Waals surface area contributed by atoms with Crippen molar-refractivity contribution in [1.29, 1.82) is 0 Å². The van der Waals surface area contributed by atoms with Gasteiger partial charge < -0.3 is 14.2 Å². The standard InChI is InChI=1S/C21H32O6/c1-15(12-13-25-18(4)22)8-7-9-17(3)21(27-20(6)24)11-10-16(2)14-26-19(5)23/h9-10,12,21H,7-8,11,13-14H2,1-6H3/b15-12+,16-10+,17-9+/t21-/m0/s1.